The molecule has 28 heavy (non-hydrogen) atoms. The summed E-state index contributed by atoms with van der Waals surface area (Å²) < 4.78 is 1.77. The van der Waals surface area contributed by atoms with Gasteiger partial charge in [0.25, 0.3) is 0 Å². The maximum absolute atomic E-state index is 12.2. The summed E-state index contributed by atoms with van der Waals surface area (Å²) in [4.78, 5) is 19.0. The first-order valence-electron chi connectivity index (χ1n) is 10.2. The maximum atomic E-state index is 12.2. The van der Waals surface area contributed by atoms with E-state index in [9.17, 15) is 4.79 Å². The van der Waals surface area contributed by atoms with E-state index in [-0.39, 0.29) is 5.91 Å². The predicted octanol–water partition coefficient (Wildman–Crippen LogP) is 0.267. The molecule has 0 aliphatic carbocycles. The molecule has 1 amide bonds. The largest absolute Gasteiger partial charge is 0.355 e. The lowest BCUT2D eigenvalue weighted by molar-refractivity contribution is -0.121. The highest BCUT2D eigenvalue weighted by atomic mass is 16.1. The van der Waals surface area contributed by atoms with Gasteiger partial charge in [0, 0.05) is 52.1 Å². The number of amides is 1. The van der Waals surface area contributed by atoms with E-state index in [0.717, 1.165) is 63.1 Å². The quantitative estimate of drug-likeness (QED) is 0.660. The molecule has 9 heteroatoms. The van der Waals surface area contributed by atoms with Crippen LogP contribution in [0.2, 0.25) is 0 Å². The molecule has 1 fully saturated rings. The number of piperazine rings is 1. The second-order valence-corrected chi connectivity index (χ2v) is 7.24. The van der Waals surface area contributed by atoms with E-state index < -0.39 is 0 Å². The molecule has 0 bridgehead atoms. The summed E-state index contributed by atoms with van der Waals surface area (Å²) in [5, 5.41) is 16.1. The zero-order chi connectivity index (χ0) is 19.9. The number of likely N-dealkylation sites (N-methyl/N-ethyl adjacent to an activating group) is 2. The summed E-state index contributed by atoms with van der Waals surface area (Å²) in [7, 11) is 2.14. The Hall–Kier alpha value is -2.26. The highest BCUT2D eigenvalue weighted by Gasteiger charge is 2.17. The molecule has 1 aliphatic rings. The minimum Gasteiger partial charge on any atom is -0.355 e. The summed E-state index contributed by atoms with van der Waals surface area (Å²) in [5.41, 5.74) is 0.717. The fourth-order valence-corrected chi connectivity index (χ4v) is 3.39. The fourth-order valence-electron chi connectivity index (χ4n) is 3.39. The molecule has 0 atom stereocenters. The number of hydrogen-bond donors (Lipinski definition) is 1. The lowest BCUT2D eigenvalue weighted by Crippen LogP contribution is -2.45. The van der Waals surface area contributed by atoms with E-state index in [1.165, 1.54) is 0 Å². The number of nitrogens with one attached hydrogen (secondary N) is 1. The third-order valence-electron chi connectivity index (χ3n) is 5.36. The number of aromatic nitrogens is 4. The van der Waals surface area contributed by atoms with Crippen LogP contribution in [0.5, 0.6) is 0 Å². The van der Waals surface area contributed by atoms with Crippen LogP contribution in [0.1, 0.15) is 26.1 Å². The molecule has 3 rings (SSSR count). The van der Waals surface area contributed by atoms with E-state index in [2.05, 4.69) is 51.1 Å². The van der Waals surface area contributed by atoms with E-state index >= 15 is 0 Å². The van der Waals surface area contributed by atoms with Gasteiger partial charge in [0.05, 0.1) is 0 Å². The van der Waals surface area contributed by atoms with Gasteiger partial charge in [0.1, 0.15) is 5.82 Å². The van der Waals surface area contributed by atoms with E-state index in [0.29, 0.717) is 19.4 Å². The number of fused-ring (bicyclic) bond motifs is 1. The molecule has 1 N–H and O–H groups in total. The van der Waals surface area contributed by atoms with Crippen LogP contribution in [0.25, 0.3) is 5.65 Å². The Kier molecular flexibility index (Phi) is 7.16. The van der Waals surface area contributed by atoms with Gasteiger partial charge in [-0.25, -0.2) is 0 Å². The van der Waals surface area contributed by atoms with Crippen LogP contribution >= 0.6 is 0 Å². The van der Waals surface area contributed by atoms with Crippen LogP contribution in [-0.4, -0.2) is 94.9 Å². The Morgan fingerprint density at radius 1 is 1.14 bits per heavy atom. The maximum Gasteiger partial charge on any atom is 0.220 e. The molecule has 154 valence electrons. The van der Waals surface area contributed by atoms with Crippen LogP contribution in [0.15, 0.2) is 12.1 Å². The molecule has 1 saturated heterocycles. The number of hydrogen-bond acceptors (Lipinski definition) is 7. The first kappa shape index (κ1) is 20.5. The van der Waals surface area contributed by atoms with E-state index in [1.54, 1.807) is 4.52 Å². The minimum atomic E-state index is 0.0409. The molecule has 2 aromatic rings. The van der Waals surface area contributed by atoms with Gasteiger partial charge < -0.3 is 20.0 Å². The molecular formula is C19H32N8O. The van der Waals surface area contributed by atoms with Gasteiger partial charge in [-0.2, -0.15) is 4.52 Å². The Bertz CT molecular complexity index is 764. The van der Waals surface area contributed by atoms with Crippen LogP contribution in [0, 0.1) is 0 Å². The Balaban J connectivity index is 1.56. The van der Waals surface area contributed by atoms with Crippen molar-refractivity contribution >= 4 is 17.4 Å². The van der Waals surface area contributed by atoms with E-state index in [1.807, 2.05) is 12.1 Å². The molecule has 9 nitrogen and oxygen atoms in total. The van der Waals surface area contributed by atoms with Gasteiger partial charge in [-0.15, -0.1) is 15.3 Å². The number of carbonyl (C=O) groups is 1. The minimum absolute atomic E-state index is 0.0409. The first-order valence-corrected chi connectivity index (χ1v) is 10.2. The van der Waals surface area contributed by atoms with Crippen molar-refractivity contribution in [3.05, 3.63) is 18.0 Å². The lowest BCUT2D eigenvalue weighted by atomic mass is 10.3. The first-order chi connectivity index (χ1) is 13.6. The molecule has 0 radical (unpaired) electrons. The molecule has 0 unspecified atom stereocenters. The number of nitrogens with zero attached hydrogens (tertiary/aromatic N) is 7. The van der Waals surface area contributed by atoms with E-state index in [4.69, 9.17) is 5.10 Å². The number of carbonyl (C=O) groups excluding carboxylic acids is 1. The topological polar surface area (TPSA) is 81.9 Å². The SMILES string of the molecule is CCN(CC)CCNC(=O)CCc1nnc2ccc(N3CCN(C)CC3)nn12. The Labute approximate surface area is 166 Å². The van der Waals surface area contributed by atoms with Gasteiger partial charge in [-0.05, 0) is 32.3 Å². The summed E-state index contributed by atoms with van der Waals surface area (Å²) in [6.07, 6.45) is 0.914. The second-order valence-electron chi connectivity index (χ2n) is 7.24. The highest BCUT2D eigenvalue weighted by Crippen LogP contribution is 2.14. The molecule has 1 aliphatic heterocycles. The number of rotatable bonds is 9. The highest BCUT2D eigenvalue weighted by molar-refractivity contribution is 5.76. The fraction of sp³-hybridized carbons (Fsp3) is 0.684. The Morgan fingerprint density at radius 2 is 1.89 bits per heavy atom. The molecule has 0 saturated carbocycles. The summed E-state index contributed by atoms with van der Waals surface area (Å²) in [6.45, 7) is 11.8. The van der Waals surface area contributed by atoms with Gasteiger partial charge in [0.2, 0.25) is 5.91 Å². The van der Waals surface area contributed by atoms with Crippen molar-refractivity contribution < 1.29 is 4.79 Å². The van der Waals surface area contributed by atoms with Gasteiger partial charge in [0.15, 0.2) is 11.5 Å². The molecule has 0 aromatic carbocycles. The average molecular weight is 389 g/mol. The van der Waals surface area contributed by atoms with Crippen molar-refractivity contribution in [2.24, 2.45) is 0 Å². The van der Waals surface area contributed by atoms with Gasteiger partial charge in [-0.3, -0.25) is 4.79 Å². The molecule has 0 spiro atoms. The van der Waals surface area contributed by atoms with Crippen molar-refractivity contribution in [1.82, 2.24) is 34.9 Å². The third kappa shape index (κ3) is 5.17. The van der Waals surface area contributed by atoms with Gasteiger partial charge >= 0.3 is 0 Å². The lowest BCUT2D eigenvalue weighted by Gasteiger charge is -2.33. The Morgan fingerprint density at radius 3 is 2.61 bits per heavy atom. The zero-order valence-electron chi connectivity index (χ0n) is 17.3. The standard InChI is InChI=1S/C19H32N8O/c1-4-25(5-2)11-10-20-19(28)9-8-17-22-21-16-6-7-18(23-27(16)17)26-14-12-24(3)13-15-26/h6-7H,4-5,8-15H2,1-3H3,(H,20,28). The molecule has 3 heterocycles. The number of anilines is 1. The normalized spacial score (nSPS) is 15.5. The second kappa shape index (κ2) is 9.79. The van der Waals surface area contributed by atoms with Crippen molar-refractivity contribution in [2.75, 3.05) is 64.3 Å². The third-order valence-corrected chi connectivity index (χ3v) is 5.36. The summed E-state index contributed by atoms with van der Waals surface area (Å²) in [6, 6.07) is 3.94. The van der Waals surface area contributed by atoms with Crippen molar-refractivity contribution in [1.29, 1.82) is 0 Å². The van der Waals surface area contributed by atoms with Crippen molar-refractivity contribution in [3.8, 4) is 0 Å². The molecular weight excluding hydrogens is 356 g/mol. The average Bonchev–Trinajstić information content (AvgIpc) is 3.12. The van der Waals surface area contributed by atoms with Crippen molar-refractivity contribution in [2.45, 2.75) is 26.7 Å². The zero-order valence-corrected chi connectivity index (χ0v) is 17.3. The van der Waals surface area contributed by atoms with Crippen molar-refractivity contribution in [3.63, 3.8) is 0 Å². The smallest absolute Gasteiger partial charge is 0.220 e. The van der Waals surface area contributed by atoms with Crippen LogP contribution in [0.3, 0.4) is 0 Å². The summed E-state index contributed by atoms with van der Waals surface area (Å²) >= 11 is 0. The molecule has 2 aromatic heterocycles. The number of aryl methyl sites for hydroxylation is 1. The van der Waals surface area contributed by atoms with Crippen LogP contribution in [0.4, 0.5) is 5.82 Å². The monoisotopic (exact) mass is 388 g/mol. The van der Waals surface area contributed by atoms with Crippen LogP contribution in [-0.2, 0) is 11.2 Å². The van der Waals surface area contributed by atoms with Crippen LogP contribution < -0.4 is 10.2 Å². The summed E-state index contributed by atoms with van der Waals surface area (Å²) in [5.74, 6) is 1.70. The van der Waals surface area contributed by atoms with Gasteiger partial charge in [-0.1, -0.05) is 13.8 Å². The predicted molar refractivity (Wildman–Crippen MR) is 110 cm³/mol.